The summed E-state index contributed by atoms with van der Waals surface area (Å²) in [5, 5.41) is 8.92. The van der Waals surface area contributed by atoms with Crippen molar-refractivity contribution < 1.29 is 27.9 Å². The first kappa shape index (κ1) is 17.8. The Kier molecular flexibility index (Phi) is 7.62. The van der Waals surface area contributed by atoms with E-state index >= 15 is 0 Å². The van der Waals surface area contributed by atoms with Crippen LogP contribution in [-0.2, 0) is 24.3 Å². The summed E-state index contributed by atoms with van der Waals surface area (Å²) in [6.07, 6.45) is 0.155. The van der Waals surface area contributed by atoms with Crippen molar-refractivity contribution in [1.29, 1.82) is 0 Å². The first-order valence-corrected chi connectivity index (χ1v) is 7.62. The lowest BCUT2D eigenvalue weighted by molar-refractivity contribution is -0.142. The Balaban J connectivity index is 4.49. The van der Waals surface area contributed by atoms with Gasteiger partial charge < -0.3 is 9.84 Å². The maximum atomic E-state index is 11.7. The minimum absolute atomic E-state index is 0.132. The lowest BCUT2D eigenvalue weighted by atomic mass is 10.2. The van der Waals surface area contributed by atoms with Crippen LogP contribution in [0.2, 0.25) is 0 Å². The van der Waals surface area contributed by atoms with E-state index in [0.717, 1.165) is 0 Å². The lowest BCUT2D eigenvalue weighted by Crippen LogP contribution is -2.42. The van der Waals surface area contributed by atoms with E-state index < -0.39 is 28.0 Å². The molecule has 1 atom stereocenters. The molecule has 0 rings (SSSR count). The summed E-state index contributed by atoms with van der Waals surface area (Å²) in [5.41, 5.74) is 0. The zero-order chi connectivity index (χ0) is 15.1. The highest BCUT2D eigenvalue weighted by Gasteiger charge is 2.24. The summed E-state index contributed by atoms with van der Waals surface area (Å²) >= 11 is 0. The van der Waals surface area contributed by atoms with Crippen LogP contribution in [0.1, 0.15) is 33.1 Å². The molecule has 0 aromatic rings. The number of carbonyl (C=O) groups is 2. The summed E-state index contributed by atoms with van der Waals surface area (Å²) < 4.78 is 29.8. The molecule has 1 unspecified atom stereocenters. The van der Waals surface area contributed by atoms with Crippen LogP contribution in [0.4, 0.5) is 0 Å². The zero-order valence-corrected chi connectivity index (χ0v) is 12.2. The normalized spacial score (nSPS) is 13.3. The Morgan fingerprint density at radius 2 is 1.84 bits per heavy atom. The number of sulfonamides is 1. The van der Waals surface area contributed by atoms with Gasteiger partial charge in [0.05, 0.1) is 12.9 Å². The fraction of sp³-hybridized carbons (Fsp3) is 0.818. The first-order valence-electron chi connectivity index (χ1n) is 5.97. The highest BCUT2D eigenvalue weighted by molar-refractivity contribution is 7.89. The minimum atomic E-state index is -3.66. The van der Waals surface area contributed by atoms with Crippen molar-refractivity contribution in [2.24, 2.45) is 5.92 Å². The molecule has 0 aliphatic rings. The summed E-state index contributed by atoms with van der Waals surface area (Å²) in [6.45, 7) is 3.75. The van der Waals surface area contributed by atoms with Crippen molar-refractivity contribution >= 4 is 22.0 Å². The van der Waals surface area contributed by atoms with Crippen LogP contribution in [0.5, 0.6) is 0 Å². The molecule has 0 saturated carbocycles. The molecule has 0 aliphatic carbocycles. The third-order valence-corrected chi connectivity index (χ3v) is 3.87. The molecule has 19 heavy (non-hydrogen) atoms. The molecule has 0 aliphatic heterocycles. The molecule has 0 radical (unpaired) electrons. The molecule has 112 valence electrons. The predicted octanol–water partition coefficient (Wildman–Crippen LogP) is 0.358. The summed E-state index contributed by atoms with van der Waals surface area (Å²) in [6, 6.07) is -1.31. The quantitative estimate of drug-likeness (QED) is 0.594. The van der Waals surface area contributed by atoms with Crippen LogP contribution in [0.15, 0.2) is 0 Å². The van der Waals surface area contributed by atoms with E-state index in [1.54, 1.807) is 0 Å². The Bertz CT molecular complexity index is 403. The molecule has 8 heteroatoms. The van der Waals surface area contributed by atoms with Crippen molar-refractivity contribution in [2.75, 3.05) is 12.9 Å². The largest absolute Gasteiger partial charge is 0.480 e. The van der Waals surface area contributed by atoms with Gasteiger partial charge in [0.1, 0.15) is 6.04 Å². The van der Waals surface area contributed by atoms with Crippen LogP contribution in [0, 0.1) is 5.92 Å². The third kappa shape index (κ3) is 8.55. The van der Waals surface area contributed by atoms with Gasteiger partial charge in [0.25, 0.3) is 0 Å². The number of rotatable bonds is 9. The summed E-state index contributed by atoms with van der Waals surface area (Å²) in [4.78, 5) is 21.9. The fourth-order valence-corrected chi connectivity index (χ4v) is 2.82. The van der Waals surface area contributed by atoms with Crippen LogP contribution in [-0.4, -0.2) is 44.4 Å². The molecule has 0 bridgehead atoms. The number of carboxylic acid groups (broad SMARTS) is 1. The van der Waals surface area contributed by atoms with Gasteiger partial charge in [-0.2, -0.15) is 0 Å². The number of hydrogen-bond donors (Lipinski definition) is 2. The number of carbonyl (C=O) groups excluding carboxylic acids is 1. The number of methoxy groups -OCH3 is 1. The minimum Gasteiger partial charge on any atom is -0.480 e. The summed E-state index contributed by atoms with van der Waals surface area (Å²) in [5.74, 6) is -1.81. The number of nitrogens with one attached hydrogen (secondary N) is 1. The topological polar surface area (TPSA) is 110 Å². The first-order chi connectivity index (χ1) is 8.68. The van der Waals surface area contributed by atoms with Crippen molar-refractivity contribution in [3.63, 3.8) is 0 Å². The molecular weight excluding hydrogens is 274 g/mol. The molecule has 0 heterocycles. The molecule has 0 aromatic heterocycles. The average molecular weight is 295 g/mol. The van der Waals surface area contributed by atoms with Crippen molar-refractivity contribution in [2.45, 2.75) is 39.2 Å². The van der Waals surface area contributed by atoms with E-state index in [4.69, 9.17) is 5.11 Å². The molecule has 0 saturated heterocycles. The molecule has 2 N–H and O–H groups in total. The number of aliphatic carboxylic acids is 1. The number of hydrogen-bond acceptors (Lipinski definition) is 5. The average Bonchev–Trinajstić information content (AvgIpc) is 2.31. The maximum absolute atomic E-state index is 11.7. The molecule has 0 amide bonds. The molecule has 0 fully saturated rings. The van der Waals surface area contributed by atoms with Gasteiger partial charge in [-0.15, -0.1) is 0 Å². The zero-order valence-electron chi connectivity index (χ0n) is 11.4. The second-order valence-electron chi connectivity index (χ2n) is 4.62. The smallest absolute Gasteiger partial charge is 0.321 e. The van der Waals surface area contributed by atoms with Crippen molar-refractivity contribution in [1.82, 2.24) is 4.72 Å². The van der Waals surface area contributed by atoms with Gasteiger partial charge in [-0.3, -0.25) is 9.59 Å². The number of carboxylic acids is 1. The standard InChI is InChI=1S/C11H21NO6S/c1-8(2)6-7-19(16,17)12-9(11(14)15)4-5-10(13)18-3/h8-9,12H,4-7H2,1-3H3,(H,14,15). The number of ether oxygens (including phenoxy) is 1. The Morgan fingerprint density at radius 1 is 1.26 bits per heavy atom. The van der Waals surface area contributed by atoms with Crippen molar-refractivity contribution in [3.05, 3.63) is 0 Å². The van der Waals surface area contributed by atoms with Gasteiger partial charge in [0.2, 0.25) is 10.0 Å². The van der Waals surface area contributed by atoms with Crippen LogP contribution >= 0.6 is 0 Å². The van der Waals surface area contributed by atoms with E-state index in [-0.39, 0.29) is 24.5 Å². The van der Waals surface area contributed by atoms with Gasteiger partial charge in [0, 0.05) is 6.42 Å². The third-order valence-electron chi connectivity index (χ3n) is 2.45. The molecule has 7 nitrogen and oxygen atoms in total. The van der Waals surface area contributed by atoms with E-state index in [2.05, 4.69) is 9.46 Å². The van der Waals surface area contributed by atoms with E-state index in [1.165, 1.54) is 7.11 Å². The Labute approximate surface area is 113 Å². The SMILES string of the molecule is COC(=O)CCC(NS(=O)(=O)CCC(C)C)C(=O)O. The van der Waals surface area contributed by atoms with Crippen LogP contribution < -0.4 is 4.72 Å². The lowest BCUT2D eigenvalue weighted by Gasteiger charge is -2.14. The Hall–Kier alpha value is -1.15. The fourth-order valence-electron chi connectivity index (χ4n) is 1.26. The monoisotopic (exact) mass is 295 g/mol. The highest BCUT2D eigenvalue weighted by Crippen LogP contribution is 2.05. The van der Waals surface area contributed by atoms with E-state index in [1.807, 2.05) is 13.8 Å². The maximum Gasteiger partial charge on any atom is 0.321 e. The highest BCUT2D eigenvalue weighted by atomic mass is 32.2. The Morgan fingerprint density at radius 3 is 2.26 bits per heavy atom. The van der Waals surface area contributed by atoms with Gasteiger partial charge in [0.15, 0.2) is 0 Å². The molecule has 0 spiro atoms. The van der Waals surface area contributed by atoms with Crippen LogP contribution in [0.25, 0.3) is 0 Å². The van der Waals surface area contributed by atoms with E-state index in [9.17, 15) is 18.0 Å². The van der Waals surface area contributed by atoms with E-state index in [0.29, 0.717) is 6.42 Å². The molecule has 0 aromatic carbocycles. The van der Waals surface area contributed by atoms with Crippen LogP contribution in [0.3, 0.4) is 0 Å². The van der Waals surface area contributed by atoms with Gasteiger partial charge >= 0.3 is 11.9 Å². The number of esters is 1. The van der Waals surface area contributed by atoms with Crippen molar-refractivity contribution in [3.8, 4) is 0 Å². The van der Waals surface area contributed by atoms with Gasteiger partial charge in [-0.05, 0) is 18.8 Å². The van der Waals surface area contributed by atoms with Gasteiger partial charge in [-0.25, -0.2) is 13.1 Å². The second-order valence-corrected chi connectivity index (χ2v) is 6.50. The molecular formula is C11H21NO6S. The summed E-state index contributed by atoms with van der Waals surface area (Å²) in [7, 11) is -2.47. The second kappa shape index (κ2) is 8.11. The predicted molar refractivity (Wildman–Crippen MR) is 69.1 cm³/mol. The van der Waals surface area contributed by atoms with Gasteiger partial charge in [-0.1, -0.05) is 13.8 Å².